The van der Waals surface area contributed by atoms with E-state index < -0.39 is 0 Å². The first-order valence-corrected chi connectivity index (χ1v) is 9.96. The van der Waals surface area contributed by atoms with Crippen LogP contribution in [0.5, 0.6) is 0 Å². The van der Waals surface area contributed by atoms with Crippen LogP contribution in [0.3, 0.4) is 0 Å². The predicted molar refractivity (Wildman–Crippen MR) is 106 cm³/mol. The fourth-order valence-electron chi connectivity index (χ4n) is 4.27. The molecule has 1 saturated carbocycles. The number of nitrogens with one attached hydrogen (secondary N) is 1. The Bertz CT molecular complexity index is 673. The van der Waals surface area contributed by atoms with E-state index in [4.69, 9.17) is 0 Å². The molecule has 0 spiro atoms. The molecule has 0 aromatic heterocycles. The molecule has 0 bridgehead atoms. The summed E-state index contributed by atoms with van der Waals surface area (Å²) in [6.07, 6.45) is 3.51. The molecule has 148 valence electrons. The Labute approximate surface area is 160 Å². The SMILES string of the molecule is CC1CCCC(NC(=O)CN2CCN(c3ccccc3[N+](=O)[O-])CC2)C1C. The highest BCUT2D eigenvalue weighted by atomic mass is 16.6. The topological polar surface area (TPSA) is 78.7 Å². The molecule has 2 fully saturated rings. The molecule has 1 aliphatic heterocycles. The van der Waals surface area contributed by atoms with E-state index in [-0.39, 0.29) is 22.6 Å². The van der Waals surface area contributed by atoms with E-state index in [9.17, 15) is 14.9 Å². The van der Waals surface area contributed by atoms with Gasteiger partial charge in [0.1, 0.15) is 5.69 Å². The number of carbonyl (C=O) groups is 1. The van der Waals surface area contributed by atoms with Gasteiger partial charge in [-0.15, -0.1) is 0 Å². The van der Waals surface area contributed by atoms with Crippen molar-refractivity contribution in [1.29, 1.82) is 0 Å². The number of piperazine rings is 1. The summed E-state index contributed by atoms with van der Waals surface area (Å²) in [6.45, 7) is 7.75. The highest BCUT2D eigenvalue weighted by Gasteiger charge is 2.29. The van der Waals surface area contributed by atoms with Crippen molar-refractivity contribution in [3.63, 3.8) is 0 Å². The van der Waals surface area contributed by atoms with Crippen molar-refractivity contribution in [2.75, 3.05) is 37.6 Å². The summed E-state index contributed by atoms with van der Waals surface area (Å²) in [6, 6.07) is 7.15. The van der Waals surface area contributed by atoms with E-state index in [0.717, 1.165) is 19.5 Å². The lowest BCUT2D eigenvalue weighted by Gasteiger charge is -2.37. The van der Waals surface area contributed by atoms with Crippen molar-refractivity contribution in [3.05, 3.63) is 34.4 Å². The van der Waals surface area contributed by atoms with Gasteiger partial charge in [0.25, 0.3) is 5.69 Å². The molecule has 1 aromatic carbocycles. The minimum Gasteiger partial charge on any atom is -0.363 e. The van der Waals surface area contributed by atoms with E-state index in [2.05, 4.69) is 24.1 Å². The molecular formula is C20H30N4O3. The van der Waals surface area contributed by atoms with Gasteiger partial charge in [0.2, 0.25) is 5.91 Å². The Kier molecular flexibility index (Phi) is 6.31. The van der Waals surface area contributed by atoms with E-state index in [0.29, 0.717) is 37.2 Å². The lowest BCUT2D eigenvalue weighted by Crippen LogP contribution is -2.52. The lowest BCUT2D eigenvalue weighted by molar-refractivity contribution is -0.384. The third kappa shape index (κ3) is 4.77. The van der Waals surface area contributed by atoms with Crippen LogP contribution in [0.15, 0.2) is 24.3 Å². The summed E-state index contributed by atoms with van der Waals surface area (Å²) in [5.74, 6) is 1.28. The fraction of sp³-hybridized carbons (Fsp3) is 0.650. The van der Waals surface area contributed by atoms with Crippen LogP contribution in [0.4, 0.5) is 11.4 Å². The molecule has 7 heteroatoms. The number of amides is 1. The predicted octanol–water partition coefficient (Wildman–Crippen LogP) is 2.66. The molecule has 27 heavy (non-hydrogen) atoms. The Morgan fingerprint density at radius 2 is 1.89 bits per heavy atom. The molecule has 1 heterocycles. The highest BCUT2D eigenvalue weighted by molar-refractivity contribution is 5.78. The molecular weight excluding hydrogens is 344 g/mol. The number of hydrogen-bond acceptors (Lipinski definition) is 5. The van der Waals surface area contributed by atoms with Gasteiger partial charge in [-0.1, -0.05) is 38.8 Å². The van der Waals surface area contributed by atoms with Crippen LogP contribution in [0, 0.1) is 22.0 Å². The first-order valence-electron chi connectivity index (χ1n) is 9.96. The maximum absolute atomic E-state index is 12.5. The number of nitro groups is 1. The first kappa shape index (κ1) is 19.6. The van der Waals surface area contributed by atoms with Crippen molar-refractivity contribution in [3.8, 4) is 0 Å². The number of para-hydroxylation sites is 2. The number of hydrogen-bond donors (Lipinski definition) is 1. The standard InChI is InChI=1S/C20H30N4O3/c1-15-6-5-7-17(16(15)2)21-20(25)14-22-10-12-23(13-11-22)18-8-3-4-9-19(18)24(26)27/h3-4,8-9,15-17H,5-7,10-14H2,1-2H3,(H,21,25). The second kappa shape index (κ2) is 8.69. The van der Waals surface area contributed by atoms with Gasteiger partial charge in [-0.05, 0) is 24.3 Å². The monoisotopic (exact) mass is 374 g/mol. The first-order chi connectivity index (χ1) is 13.0. The second-order valence-corrected chi connectivity index (χ2v) is 7.95. The smallest absolute Gasteiger partial charge is 0.292 e. The zero-order chi connectivity index (χ0) is 19.4. The minimum atomic E-state index is -0.332. The minimum absolute atomic E-state index is 0.0973. The summed E-state index contributed by atoms with van der Waals surface area (Å²) < 4.78 is 0. The Morgan fingerprint density at radius 1 is 1.19 bits per heavy atom. The largest absolute Gasteiger partial charge is 0.363 e. The molecule has 7 nitrogen and oxygen atoms in total. The van der Waals surface area contributed by atoms with Crippen molar-refractivity contribution >= 4 is 17.3 Å². The van der Waals surface area contributed by atoms with E-state index in [1.54, 1.807) is 18.2 Å². The second-order valence-electron chi connectivity index (χ2n) is 7.95. The summed E-state index contributed by atoms with van der Waals surface area (Å²) in [7, 11) is 0. The van der Waals surface area contributed by atoms with Gasteiger partial charge in [0.15, 0.2) is 0 Å². The molecule has 1 aromatic rings. The van der Waals surface area contributed by atoms with Gasteiger partial charge >= 0.3 is 0 Å². The zero-order valence-corrected chi connectivity index (χ0v) is 16.3. The zero-order valence-electron chi connectivity index (χ0n) is 16.3. The summed E-state index contributed by atoms with van der Waals surface area (Å²) in [5.41, 5.74) is 0.806. The fourth-order valence-corrected chi connectivity index (χ4v) is 4.27. The molecule has 2 aliphatic rings. The highest BCUT2D eigenvalue weighted by Crippen LogP contribution is 2.30. The van der Waals surface area contributed by atoms with Crippen molar-refractivity contribution in [1.82, 2.24) is 10.2 Å². The Morgan fingerprint density at radius 3 is 2.59 bits per heavy atom. The maximum atomic E-state index is 12.5. The number of nitro benzene ring substituents is 1. The lowest BCUT2D eigenvalue weighted by atomic mass is 9.78. The maximum Gasteiger partial charge on any atom is 0.292 e. The third-order valence-electron chi connectivity index (χ3n) is 6.21. The quantitative estimate of drug-likeness (QED) is 0.633. The van der Waals surface area contributed by atoms with Crippen LogP contribution < -0.4 is 10.2 Å². The number of benzene rings is 1. The van der Waals surface area contributed by atoms with Crippen molar-refractivity contribution in [2.24, 2.45) is 11.8 Å². The van der Waals surface area contributed by atoms with Gasteiger partial charge in [-0.3, -0.25) is 19.8 Å². The summed E-state index contributed by atoms with van der Waals surface area (Å²) >= 11 is 0. The average Bonchev–Trinajstić information content (AvgIpc) is 2.66. The van der Waals surface area contributed by atoms with Gasteiger partial charge in [-0.25, -0.2) is 0 Å². The van der Waals surface area contributed by atoms with E-state index >= 15 is 0 Å². The normalized spacial score (nSPS) is 26.6. The Balaban J connectivity index is 1.50. The van der Waals surface area contributed by atoms with Crippen LogP contribution in [0.1, 0.15) is 33.1 Å². The Hall–Kier alpha value is -2.15. The van der Waals surface area contributed by atoms with Gasteiger partial charge in [0.05, 0.1) is 11.5 Å². The summed E-state index contributed by atoms with van der Waals surface area (Å²) in [4.78, 5) is 27.5. The molecule has 3 atom stereocenters. The molecule has 3 rings (SSSR count). The summed E-state index contributed by atoms with van der Waals surface area (Å²) in [5, 5.41) is 14.5. The third-order valence-corrected chi connectivity index (χ3v) is 6.21. The molecule has 1 N–H and O–H groups in total. The molecule has 1 aliphatic carbocycles. The van der Waals surface area contributed by atoms with E-state index in [1.165, 1.54) is 12.8 Å². The van der Waals surface area contributed by atoms with E-state index in [1.807, 2.05) is 11.0 Å². The number of nitrogens with zero attached hydrogens (tertiary/aromatic N) is 3. The van der Waals surface area contributed by atoms with Crippen LogP contribution in [0.2, 0.25) is 0 Å². The van der Waals surface area contributed by atoms with Crippen LogP contribution in [-0.4, -0.2) is 54.5 Å². The van der Waals surface area contributed by atoms with Crippen LogP contribution in [0.25, 0.3) is 0 Å². The van der Waals surface area contributed by atoms with Gasteiger partial charge in [0, 0.05) is 38.3 Å². The number of carbonyl (C=O) groups excluding carboxylic acids is 1. The number of anilines is 1. The van der Waals surface area contributed by atoms with Crippen LogP contribution >= 0.6 is 0 Å². The van der Waals surface area contributed by atoms with Crippen molar-refractivity contribution < 1.29 is 9.72 Å². The van der Waals surface area contributed by atoms with Crippen molar-refractivity contribution in [2.45, 2.75) is 39.2 Å². The molecule has 1 amide bonds. The number of rotatable bonds is 5. The van der Waals surface area contributed by atoms with Crippen LogP contribution in [-0.2, 0) is 4.79 Å². The van der Waals surface area contributed by atoms with Gasteiger partial charge < -0.3 is 10.2 Å². The molecule has 1 saturated heterocycles. The van der Waals surface area contributed by atoms with Gasteiger partial charge in [-0.2, -0.15) is 0 Å². The molecule has 0 radical (unpaired) electrons. The molecule has 3 unspecified atom stereocenters. The average molecular weight is 374 g/mol.